The lowest BCUT2D eigenvalue weighted by Crippen LogP contribution is -2.28. The Morgan fingerprint density at radius 1 is 1.20 bits per heavy atom. The van der Waals surface area contributed by atoms with Crippen LogP contribution < -0.4 is 10.6 Å². The number of nitrogens with zero attached hydrogens (tertiary/aromatic N) is 1. The third-order valence-electron chi connectivity index (χ3n) is 2.68. The van der Waals surface area contributed by atoms with Crippen molar-refractivity contribution in [1.82, 2.24) is 10.2 Å². The Labute approximate surface area is 119 Å². The minimum Gasteiger partial charge on any atom is -0.383 e. The molecule has 0 bridgehead atoms. The number of likely N-dealkylation sites (N-methyl/N-ethyl adjacent to an activating group) is 1. The summed E-state index contributed by atoms with van der Waals surface area (Å²) in [6.07, 6.45) is 0. The molecule has 2 amide bonds. The van der Waals surface area contributed by atoms with Gasteiger partial charge in [0.1, 0.15) is 0 Å². The summed E-state index contributed by atoms with van der Waals surface area (Å²) in [5.41, 5.74) is 1.37. The Morgan fingerprint density at radius 2 is 1.85 bits per heavy atom. The van der Waals surface area contributed by atoms with E-state index in [1.165, 1.54) is 4.90 Å². The van der Waals surface area contributed by atoms with Crippen LogP contribution in [0.5, 0.6) is 0 Å². The molecule has 0 aromatic heterocycles. The van der Waals surface area contributed by atoms with E-state index in [4.69, 9.17) is 4.74 Å². The average Bonchev–Trinajstić information content (AvgIpc) is 2.45. The van der Waals surface area contributed by atoms with Crippen LogP contribution in [0.3, 0.4) is 0 Å². The molecular formula is C14H21N3O3. The molecule has 0 spiro atoms. The van der Waals surface area contributed by atoms with E-state index in [2.05, 4.69) is 10.6 Å². The van der Waals surface area contributed by atoms with Gasteiger partial charge in [0.2, 0.25) is 5.91 Å². The van der Waals surface area contributed by atoms with Crippen LogP contribution in [0.15, 0.2) is 24.3 Å². The minimum absolute atomic E-state index is 0.00798. The largest absolute Gasteiger partial charge is 0.383 e. The number of benzene rings is 1. The van der Waals surface area contributed by atoms with Crippen LogP contribution in [0.1, 0.15) is 10.4 Å². The summed E-state index contributed by atoms with van der Waals surface area (Å²) >= 11 is 0. The van der Waals surface area contributed by atoms with Crippen molar-refractivity contribution >= 4 is 17.5 Å². The Bertz CT molecular complexity index is 443. The predicted octanol–water partition coefficient (Wildman–Crippen LogP) is 0.563. The molecular weight excluding hydrogens is 258 g/mol. The normalized spacial score (nSPS) is 9.95. The first-order chi connectivity index (χ1) is 9.54. The molecule has 0 aliphatic carbocycles. The third kappa shape index (κ3) is 5.27. The minimum atomic E-state index is -0.141. The van der Waals surface area contributed by atoms with Gasteiger partial charge in [-0.3, -0.25) is 9.59 Å². The highest BCUT2D eigenvalue weighted by molar-refractivity contribution is 5.94. The maximum absolute atomic E-state index is 11.7. The summed E-state index contributed by atoms with van der Waals surface area (Å²) in [5.74, 6) is -0.149. The van der Waals surface area contributed by atoms with E-state index in [9.17, 15) is 9.59 Å². The standard InChI is InChI=1S/C14H21N3O3/c1-17(2)13(18)10-16-12-6-4-11(5-7-12)14(19)15-8-9-20-3/h4-7,16H,8-10H2,1-3H3,(H,15,19). The average molecular weight is 279 g/mol. The molecule has 0 saturated carbocycles. The van der Waals surface area contributed by atoms with Crippen LogP contribution in [-0.4, -0.2) is 57.6 Å². The molecule has 1 rings (SSSR count). The lowest BCUT2D eigenvalue weighted by molar-refractivity contribution is -0.126. The zero-order valence-corrected chi connectivity index (χ0v) is 12.1. The number of amides is 2. The van der Waals surface area contributed by atoms with E-state index in [1.807, 2.05) is 0 Å². The summed E-state index contributed by atoms with van der Waals surface area (Å²) in [6.45, 7) is 1.19. The molecule has 0 fully saturated rings. The summed E-state index contributed by atoms with van der Waals surface area (Å²) in [4.78, 5) is 24.7. The SMILES string of the molecule is COCCNC(=O)c1ccc(NCC(=O)N(C)C)cc1. The van der Waals surface area contributed by atoms with Crippen molar-refractivity contribution in [3.63, 3.8) is 0 Å². The van der Waals surface area contributed by atoms with Crippen molar-refractivity contribution in [2.45, 2.75) is 0 Å². The second kappa shape index (κ2) is 8.16. The number of rotatable bonds is 7. The second-order valence-corrected chi connectivity index (χ2v) is 4.47. The van der Waals surface area contributed by atoms with E-state index >= 15 is 0 Å². The number of carbonyl (C=O) groups is 2. The van der Waals surface area contributed by atoms with Crippen molar-refractivity contribution in [1.29, 1.82) is 0 Å². The first-order valence-electron chi connectivity index (χ1n) is 6.36. The summed E-state index contributed by atoms with van der Waals surface area (Å²) < 4.78 is 4.86. The van der Waals surface area contributed by atoms with Crippen LogP contribution in [0.4, 0.5) is 5.69 Å². The fraction of sp³-hybridized carbons (Fsp3) is 0.429. The highest BCUT2D eigenvalue weighted by Gasteiger charge is 2.06. The molecule has 1 aromatic carbocycles. The van der Waals surface area contributed by atoms with Gasteiger partial charge in [-0.1, -0.05) is 0 Å². The first-order valence-corrected chi connectivity index (χ1v) is 6.36. The molecule has 110 valence electrons. The number of hydrogen-bond acceptors (Lipinski definition) is 4. The van der Waals surface area contributed by atoms with Crippen molar-refractivity contribution in [2.24, 2.45) is 0 Å². The lowest BCUT2D eigenvalue weighted by atomic mass is 10.2. The van der Waals surface area contributed by atoms with Gasteiger partial charge in [0.15, 0.2) is 0 Å². The monoisotopic (exact) mass is 279 g/mol. The van der Waals surface area contributed by atoms with E-state index in [0.717, 1.165) is 5.69 Å². The number of carbonyl (C=O) groups excluding carboxylic acids is 2. The summed E-state index contributed by atoms with van der Waals surface area (Å²) in [6, 6.07) is 6.97. The molecule has 1 aromatic rings. The van der Waals surface area contributed by atoms with E-state index in [-0.39, 0.29) is 18.4 Å². The Hall–Kier alpha value is -2.08. The van der Waals surface area contributed by atoms with Gasteiger partial charge in [0.05, 0.1) is 13.2 Å². The molecule has 6 nitrogen and oxygen atoms in total. The number of hydrogen-bond donors (Lipinski definition) is 2. The van der Waals surface area contributed by atoms with Gasteiger partial charge in [0.25, 0.3) is 5.91 Å². The molecule has 0 unspecified atom stereocenters. The number of ether oxygens (including phenoxy) is 1. The Kier molecular flexibility index (Phi) is 6.52. The molecule has 0 radical (unpaired) electrons. The molecule has 20 heavy (non-hydrogen) atoms. The fourth-order valence-electron chi connectivity index (χ4n) is 1.44. The van der Waals surface area contributed by atoms with Crippen LogP contribution in [0.2, 0.25) is 0 Å². The maximum Gasteiger partial charge on any atom is 0.251 e. The molecule has 0 heterocycles. The van der Waals surface area contributed by atoms with E-state index < -0.39 is 0 Å². The van der Waals surface area contributed by atoms with Crippen molar-refractivity contribution in [3.8, 4) is 0 Å². The van der Waals surface area contributed by atoms with Gasteiger partial charge in [0, 0.05) is 39.0 Å². The lowest BCUT2D eigenvalue weighted by Gasteiger charge is -2.12. The number of nitrogens with one attached hydrogen (secondary N) is 2. The third-order valence-corrected chi connectivity index (χ3v) is 2.68. The summed E-state index contributed by atoms with van der Waals surface area (Å²) in [5, 5.41) is 5.74. The fourth-order valence-corrected chi connectivity index (χ4v) is 1.44. The van der Waals surface area contributed by atoms with Gasteiger partial charge in [-0.15, -0.1) is 0 Å². The van der Waals surface area contributed by atoms with Gasteiger partial charge in [-0.25, -0.2) is 0 Å². The first kappa shape index (κ1) is 16.0. The quantitative estimate of drug-likeness (QED) is 0.716. The van der Waals surface area contributed by atoms with Crippen LogP contribution in [0.25, 0.3) is 0 Å². The van der Waals surface area contributed by atoms with Crippen molar-refractivity contribution in [2.75, 3.05) is 46.2 Å². The molecule has 0 aliphatic rings. The van der Waals surface area contributed by atoms with E-state index in [0.29, 0.717) is 18.7 Å². The van der Waals surface area contributed by atoms with Crippen LogP contribution in [0, 0.1) is 0 Å². The highest BCUT2D eigenvalue weighted by atomic mass is 16.5. The number of anilines is 1. The Morgan fingerprint density at radius 3 is 2.40 bits per heavy atom. The van der Waals surface area contributed by atoms with Gasteiger partial charge < -0.3 is 20.3 Å². The molecule has 6 heteroatoms. The smallest absolute Gasteiger partial charge is 0.251 e. The van der Waals surface area contributed by atoms with Gasteiger partial charge in [-0.2, -0.15) is 0 Å². The van der Waals surface area contributed by atoms with Crippen molar-refractivity contribution < 1.29 is 14.3 Å². The molecule has 0 atom stereocenters. The topological polar surface area (TPSA) is 70.7 Å². The van der Waals surface area contributed by atoms with Crippen LogP contribution >= 0.6 is 0 Å². The second-order valence-electron chi connectivity index (χ2n) is 4.47. The van der Waals surface area contributed by atoms with Gasteiger partial charge >= 0.3 is 0 Å². The zero-order chi connectivity index (χ0) is 15.0. The highest BCUT2D eigenvalue weighted by Crippen LogP contribution is 2.09. The molecule has 0 saturated heterocycles. The Balaban J connectivity index is 2.47. The number of methoxy groups -OCH3 is 1. The maximum atomic E-state index is 11.7. The van der Waals surface area contributed by atoms with E-state index in [1.54, 1.807) is 45.5 Å². The predicted molar refractivity (Wildman–Crippen MR) is 77.8 cm³/mol. The molecule has 0 aliphatic heterocycles. The summed E-state index contributed by atoms with van der Waals surface area (Å²) in [7, 11) is 5.00. The zero-order valence-electron chi connectivity index (χ0n) is 12.1. The van der Waals surface area contributed by atoms with Crippen molar-refractivity contribution in [3.05, 3.63) is 29.8 Å². The van der Waals surface area contributed by atoms with Crippen LogP contribution in [-0.2, 0) is 9.53 Å². The molecule has 2 N–H and O–H groups in total. The van der Waals surface area contributed by atoms with Gasteiger partial charge in [-0.05, 0) is 24.3 Å².